The number of carbonyl (C=O) groups is 1. The van der Waals surface area contributed by atoms with Crippen LogP contribution in [0, 0.1) is 0 Å². The number of rotatable bonds is 42. The van der Waals surface area contributed by atoms with Crippen molar-refractivity contribution in [1.82, 2.24) is 5.32 Å². The van der Waals surface area contributed by atoms with E-state index in [1.54, 1.807) is 6.08 Å². The van der Waals surface area contributed by atoms with Crippen molar-refractivity contribution in [2.45, 2.75) is 269 Å². The molecule has 1 aliphatic rings. The van der Waals surface area contributed by atoms with Crippen LogP contribution in [0.3, 0.4) is 0 Å². The first-order chi connectivity index (χ1) is 29.0. The minimum absolute atomic E-state index is 0.259. The fourth-order valence-electron chi connectivity index (χ4n) is 7.98. The van der Waals surface area contributed by atoms with Gasteiger partial charge in [-0.05, 0) is 19.3 Å². The van der Waals surface area contributed by atoms with Crippen LogP contribution in [0.2, 0.25) is 0 Å². The molecule has 7 atom stereocenters. The lowest BCUT2D eigenvalue weighted by Gasteiger charge is -2.41. The summed E-state index contributed by atoms with van der Waals surface area (Å²) < 4.78 is 47.6. The molecule has 0 aromatic rings. The van der Waals surface area contributed by atoms with E-state index in [9.17, 15) is 38.2 Å². The van der Waals surface area contributed by atoms with Gasteiger partial charge in [0.1, 0.15) is 24.4 Å². The normalized spacial score (nSPS) is 20.8. The van der Waals surface area contributed by atoms with Crippen molar-refractivity contribution in [3.63, 3.8) is 0 Å². The van der Waals surface area contributed by atoms with Crippen molar-refractivity contribution >= 4 is 16.3 Å². The Kier molecular flexibility index (Phi) is 36.3. The zero-order chi connectivity index (χ0) is 44.1. The number of amides is 1. The summed E-state index contributed by atoms with van der Waals surface area (Å²) in [6, 6.07) is -0.938. The van der Waals surface area contributed by atoms with Crippen LogP contribution in [0.25, 0.3) is 0 Å². The second kappa shape index (κ2) is 38.3. The SMILES string of the molecule is CCCCCCCCCCCCCCCCCC/C=C/C(O)C(COC1OC(CO)C(O)C(OS(=O)(=O)O)C1O)NC(=O)CCCCCCCCCCCCCCCCC. The summed E-state index contributed by atoms with van der Waals surface area (Å²) in [5, 5.41) is 44.8. The molecule has 356 valence electrons. The minimum Gasteiger partial charge on any atom is -0.394 e. The molecule has 7 unspecified atom stereocenters. The monoisotopic (exact) mass is 878 g/mol. The molecule has 1 amide bonds. The average molecular weight is 878 g/mol. The summed E-state index contributed by atoms with van der Waals surface area (Å²) in [5.74, 6) is -0.259. The van der Waals surface area contributed by atoms with E-state index in [0.717, 1.165) is 38.5 Å². The molecule has 0 saturated carbocycles. The fourth-order valence-corrected chi connectivity index (χ4v) is 8.49. The Labute approximate surface area is 366 Å². The van der Waals surface area contributed by atoms with Crippen LogP contribution in [-0.4, -0.2) is 95.4 Å². The molecule has 0 aromatic carbocycles. The van der Waals surface area contributed by atoms with Gasteiger partial charge in [-0.15, -0.1) is 0 Å². The number of ether oxygens (including phenoxy) is 2. The third-order valence-electron chi connectivity index (χ3n) is 11.8. The van der Waals surface area contributed by atoms with Crippen LogP contribution in [0.4, 0.5) is 0 Å². The van der Waals surface area contributed by atoms with Crippen molar-refractivity contribution in [3.8, 4) is 0 Å². The lowest BCUT2D eigenvalue weighted by atomic mass is 9.99. The summed E-state index contributed by atoms with van der Waals surface area (Å²) in [7, 11) is -5.08. The van der Waals surface area contributed by atoms with Crippen molar-refractivity contribution in [1.29, 1.82) is 0 Å². The van der Waals surface area contributed by atoms with Crippen LogP contribution < -0.4 is 5.32 Å². The Morgan fingerprint density at radius 1 is 0.650 bits per heavy atom. The molecule has 0 spiro atoms. The van der Waals surface area contributed by atoms with Crippen LogP contribution in [0.15, 0.2) is 12.2 Å². The maximum atomic E-state index is 13.0. The van der Waals surface area contributed by atoms with Gasteiger partial charge in [0.25, 0.3) is 0 Å². The molecule has 0 aromatic heterocycles. The largest absolute Gasteiger partial charge is 0.397 e. The van der Waals surface area contributed by atoms with Gasteiger partial charge in [0.05, 0.1) is 25.4 Å². The van der Waals surface area contributed by atoms with E-state index in [4.69, 9.17) is 9.47 Å². The second-order valence-electron chi connectivity index (χ2n) is 17.4. The number of aliphatic hydroxyl groups excluding tert-OH is 4. The van der Waals surface area contributed by atoms with E-state index in [1.807, 2.05) is 6.08 Å². The first-order valence-corrected chi connectivity index (χ1v) is 25.9. The lowest BCUT2D eigenvalue weighted by molar-refractivity contribution is -0.298. The maximum Gasteiger partial charge on any atom is 0.397 e. The maximum absolute atomic E-state index is 13.0. The fraction of sp³-hybridized carbons (Fsp3) is 0.936. The third-order valence-corrected chi connectivity index (χ3v) is 12.3. The van der Waals surface area contributed by atoms with Gasteiger partial charge < -0.3 is 35.2 Å². The van der Waals surface area contributed by atoms with Crippen LogP contribution in [0.5, 0.6) is 0 Å². The molecule has 0 aliphatic carbocycles. The molecule has 60 heavy (non-hydrogen) atoms. The molecule has 6 N–H and O–H groups in total. The second-order valence-corrected chi connectivity index (χ2v) is 18.5. The number of allylic oxidation sites excluding steroid dienone is 1. The molecule has 1 rings (SSSR count). The van der Waals surface area contributed by atoms with Crippen molar-refractivity contribution < 1.29 is 51.8 Å². The summed E-state index contributed by atoms with van der Waals surface area (Å²) in [6.07, 6.45) is 33.9. The standard InChI is InChI=1S/C47H91NO11S/c1-3-5-7-9-11-13-15-17-19-20-21-23-24-26-28-30-32-34-36-41(50)40(39-57-47-45(53)46(59-60(54,55)56)44(52)42(38-49)58-47)48-43(51)37-35-33-31-29-27-25-22-18-16-14-12-10-8-6-4-2/h34,36,40-42,44-47,49-50,52-53H,3-33,35,37-39H2,1-2H3,(H,48,51)(H,54,55,56)/b36-34+. The molecule has 1 heterocycles. The van der Waals surface area contributed by atoms with E-state index in [-0.39, 0.29) is 18.9 Å². The number of unbranched alkanes of at least 4 members (excludes halogenated alkanes) is 30. The highest BCUT2D eigenvalue weighted by atomic mass is 32.3. The van der Waals surface area contributed by atoms with E-state index in [2.05, 4.69) is 23.3 Å². The third kappa shape index (κ3) is 30.8. The van der Waals surface area contributed by atoms with Gasteiger partial charge in [-0.1, -0.05) is 212 Å². The average Bonchev–Trinajstić information content (AvgIpc) is 3.22. The summed E-state index contributed by atoms with van der Waals surface area (Å²) in [4.78, 5) is 13.0. The van der Waals surface area contributed by atoms with Gasteiger partial charge in [0, 0.05) is 6.42 Å². The molecular formula is C47H91NO11S. The lowest BCUT2D eigenvalue weighted by Crippen LogP contribution is -2.61. The van der Waals surface area contributed by atoms with Crippen molar-refractivity contribution in [3.05, 3.63) is 12.2 Å². The Morgan fingerprint density at radius 2 is 1.05 bits per heavy atom. The van der Waals surface area contributed by atoms with Crippen molar-refractivity contribution in [2.75, 3.05) is 13.2 Å². The topological polar surface area (TPSA) is 192 Å². The molecule has 13 heteroatoms. The van der Waals surface area contributed by atoms with E-state index >= 15 is 0 Å². The van der Waals surface area contributed by atoms with E-state index < -0.39 is 59.9 Å². The first kappa shape index (κ1) is 56.9. The molecule has 1 fully saturated rings. The zero-order valence-electron chi connectivity index (χ0n) is 38.0. The zero-order valence-corrected chi connectivity index (χ0v) is 38.9. The summed E-state index contributed by atoms with van der Waals surface area (Å²) in [6.45, 7) is 3.41. The highest BCUT2D eigenvalue weighted by Gasteiger charge is 2.48. The molecule has 1 aliphatic heterocycles. The van der Waals surface area contributed by atoms with Gasteiger partial charge in [0.2, 0.25) is 5.91 Å². The predicted molar refractivity (Wildman–Crippen MR) is 241 cm³/mol. The van der Waals surface area contributed by atoms with Gasteiger partial charge in [0.15, 0.2) is 6.29 Å². The van der Waals surface area contributed by atoms with Crippen LogP contribution >= 0.6 is 0 Å². The molecular weight excluding hydrogens is 787 g/mol. The highest BCUT2D eigenvalue weighted by molar-refractivity contribution is 7.80. The molecule has 0 radical (unpaired) electrons. The van der Waals surface area contributed by atoms with Gasteiger partial charge >= 0.3 is 10.4 Å². The minimum atomic E-state index is -5.08. The Hall–Kier alpha value is -1.16. The van der Waals surface area contributed by atoms with Gasteiger partial charge in [-0.3, -0.25) is 9.35 Å². The Bertz CT molecular complexity index is 1130. The number of nitrogens with one attached hydrogen (secondary N) is 1. The van der Waals surface area contributed by atoms with E-state index in [0.29, 0.717) is 6.42 Å². The summed E-state index contributed by atoms with van der Waals surface area (Å²) in [5.41, 5.74) is 0. The number of carbonyl (C=O) groups excluding carboxylic acids is 1. The Morgan fingerprint density at radius 3 is 1.45 bits per heavy atom. The molecule has 1 saturated heterocycles. The molecule has 12 nitrogen and oxygen atoms in total. The first-order valence-electron chi connectivity index (χ1n) is 24.6. The van der Waals surface area contributed by atoms with Crippen LogP contribution in [-0.2, 0) is 28.9 Å². The number of aliphatic hydroxyl groups is 4. The van der Waals surface area contributed by atoms with Gasteiger partial charge in [-0.2, -0.15) is 8.42 Å². The quantitative estimate of drug-likeness (QED) is 0.0194. The molecule has 0 bridgehead atoms. The van der Waals surface area contributed by atoms with Crippen LogP contribution in [0.1, 0.15) is 226 Å². The highest BCUT2D eigenvalue weighted by Crippen LogP contribution is 2.26. The van der Waals surface area contributed by atoms with Gasteiger partial charge in [-0.25, -0.2) is 4.18 Å². The number of hydrogen-bond acceptors (Lipinski definition) is 10. The van der Waals surface area contributed by atoms with E-state index in [1.165, 1.54) is 161 Å². The number of hydrogen-bond donors (Lipinski definition) is 6. The Balaban J connectivity index is 2.49. The smallest absolute Gasteiger partial charge is 0.394 e. The summed E-state index contributed by atoms with van der Waals surface area (Å²) >= 11 is 0. The predicted octanol–water partition coefficient (Wildman–Crippen LogP) is 9.95. The van der Waals surface area contributed by atoms with Crippen molar-refractivity contribution in [2.24, 2.45) is 0 Å².